The minimum atomic E-state index is -3.13. The van der Waals surface area contributed by atoms with Gasteiger partial charge in [-0.25, -0.2) is 8.42 Å². The number of carbonyl (C=O) groups excluding carboxylic acids is 1. The van der Waals surface area contributed by atoms with Gasteiger partial charge in [0.25, 0.3) is 0 Å². The Morgan fingerprint density at radius 3 is 2.50 bits per heavy atom. The van der Waals surface area contributed by atoms with Crippen molar-refractivity contribution < 1.29 is 17.9 Å². The lowest BCUT2D eigenvalue weighted by atomic mass is 10.0. The minimum Gasteiger partial charge on any atom is -0.376 e. The summed E-state index contributed by atoms with van der Waals surface area (Å²) >= 11 is 0. The summed E-state index contributed by atoms with van der Waals surface area (Å²) in [5.41, 5.74) is -0.751. The predicted molar refractivity (Wildman–Crippen MR) is 51.6 cm³/mol. The van der Waals surface area contributed by atoms with Crippen molar-refractivity contribution in [3.05, 3.63) is 12.7 Å². The smallest absolute Gasteiger partial charge is 0.244 e. The van der Waals surface area contributed by atoms with Crippen LogP contribution in [0.4, 0.5) is 0 Å². The molecule has 0 aromatic heterocycles. The van der Waals surface area contributed by atoms with Crippen molar-refractivity contribution in [1.29, 1.82) is 0 Å². The van der Waals surface area contributed by atoms with E-state index < -0.39 is 15.4 Å². The first-order chi connectivity index (χ1) is 6.37. The number of amides is 1. The highest BCUT2D eigenvalue weighted by atomic mass is 32.2. The van der Waals surface area contributed by atoms with Crippen molar-refractivity contribution in [2.24, 2.45) is 0 Å². The summed E-state index contributed by atoms with van der Waals surface area (Å²) in [5, 5.41) is 2.57. The molecule has 0 bridgehead atoms. The SMILES string of the molecule is C=CC(=O)NC1(CS(C)(=O)=O)COC1. The lowest BCUT2D eigenvalue weighted by molar-refractivity contribution is -0.126. The highest BCUT2D eigenvalue weighted by Crippen LogP contribution is 2.18. The van der Waals surface area contributed by atoms with Crippen LogP contribution in [0.15, 0.2) is 12.7 Å². The van der Waals surface area contributed by atoms with E-state index in [1.807, 2.05) is 0 Å². The average molecular weight is 219 g/mol. The van der Waals surface area contributed by atoms with Crippen LogP contribution in [-0.2, 0) is 19.4 Å². The molecule has 1 aliphatic heterocycles. The lowest BCUT2D eigenvalue weighted by Gasteiger charge is -2.41. The monoisotopic (exact) mass is 219 g/mol. The van der Waals surface area contributed by atoms with Crippen LogP contribution in [0.25, 0.3) is 0 Å². The predicted octanol–water partition coefficient (Wildman–Crippen LogP) is -0.898. The quantitative estimate of drug-likeness (QED) is 0.622. The molecule has 1 aliphatic rings. The molecule has 1 rings (SSSR count). The number of nitrogens with one attached hydrogen (secondary N) is 1. The summed E-state index contributed by atoms with van der Waals surface area (Å²) in [7, 11) is -3.13. The number of sulfone groups is 1. The Bertz CT molecular complexity index is 342. The normalized spacial score (nSPS) is 19.5. The molecule has 0 saturated carbocycles. The zero-order chi connectivity index (χ0) is 10.8. The van der Waals surface area contributed by atoms with Gasteiger partial charge >= 0.3 is 0 Å². The molecule has 0 radical (unpaired) electrons. The first-order valence-corrected chi connectivity index (χ1v) is 6.13. The van der Waals surface area contributed by atoms with Gasteiger partial charge in [0.2, 0.25) is 5.91 Å². The van der Waals surface area contributed by atoms with Crippen molar-refractivity contribution in [1.82, 2.24) is 5.32 Å². The summed E-state index contributed by atoms with van der Waals surface area (Å²) in [5.74, 6) is -0.475. The fourth-order valence-corrected chi connectivity index (χ4v) is 2.60. The van der Waals surface area contributed by atoms with Gasteiger partial charge in [-0.3, -0.25) is 4.79 Å². The zero-order valence-corrected chi connectivity index (χ0v) is 8.76. The first kappa shape index (κ1) is 11.2. The van der Waals surface area contributed by atoms with E-state index in [1.165, 1.54) is 0 Å². The van der Waals surface area contributed by atoms with Crippen molar-refractivity contribution in [2.45, 2.75) is 5.54 Å². The van der Waals surface area contributed by atoms with Crippen molar-refractivity contribution >= 4 is 15.7 Å². The third-order valence-electron chi connectivity index (χ3n) is 1.87. The molecule has 80 valence electrons. The van der Waals surface area contributed by atoms with E-state index in [0.29, 0.717) is 0 Å². The highest BCUT2D eigenvalue weighted by Gasteiger charge is 2.42. The average Bonchev–Trinajstić information content (AvgIpc) is 1.97. The molecule has 1 saturated heterocycles. The molecule has 6 heteroatoms. The van der Waals surface area contributed by atoms with Gasteiger partial charge in [-0.1, -0.05) is 6.58 Å². The van der Waals surface area contributed by atoms with Gasteiger partial charge < -0.3 is 10.1 Å². The fraction of sp³-hybridized carbons (Fsp3) is 0.625. The zero-order valence-electron chi connectivity index (χ0n) is 7.95. The van der Waals surface area contributed by atoms with Gasteiger partial charge in [-0.2, -0.15) is 0 Å². The second-order valence-electron chi connectivity index (χ2n) is 3.54. The van der Waals surface area contributed by atoms with Gasteiger partial charge in [0.15, 0.2) is 0 Å². The van der Waals surface area contributed by atoms with Gasteiger partial charge in [-0.15, -0.1) is 0 Å². The van der Waals surface area contributed by atoms with Gasteiger partial charge in [0.05, 0.1) is 19.0 Å². The Balaban J connectivity index is 2.67. The molecular weight excluding hydrogens is 206 g/mol. The molecule has 1 amide bonds. The van der Waals surface area contributed by atoms with Crippen LogP contribution in [0.5, 0.6) is 0 Å². The van der Waals surface area contributed by atoms with E-state index in [9.17, 15) is 13.2 Å². The first-order valence-electron chi connectivity index (χ1n) is 4.07. The van der Waals surface area contributed by atoms with Crippen molar-refractivity contribution in [2.75, 3.05) is 25.2 Å². The Kier molecular flexibility index (Phi) is 2.96. The molecule has 0 aromatic carbocycles. The molecule has 0 aromatic rings. The largest absolute Gasteiger partial charge is 0.376 e. The van der Waals surface area contributed by atoms with Crippen LogP contribution < -0.4 is 5.32 Å². The maximum Gasteiger partial charge on any atom is 0.244 e. The fourth-order valence-electron chi connectivity index (χ4n) is 1.35. The van der Waals surface area contributed by atoms with Crippen LogP contribution in [0.1, 0.15) is 0 Å². The van der Waals surface area contributed by atoms with Crippen LogP contribution in [0, 0.1) is 0 Å². The Labute approximate surface area is 83.0 Å². The third kappa shape index (κ3) is 2.81. The Hall–Kier alpha value is -0.880. The molecule has 1 fully saturated rings. The molecule has 0 atom stereocenters. The highest BCUT2D eigenvalue weighted by molar-refractivity contribution is 7.90. The molecule has 0 spiro atoms. The van der Waals surface area contributed by atoms with Crippen molar-refractivity contribution in [3.63, 3.8) is 0 Å². The van der Waals surface area contributed by atoms with Gasteiger partial charge in [-0.05, 0) is 6.08 Å². The topological polar surface area (TPSA) is 72.5 Å². The molecule has 1 N–H and O–H groups in total. The van der Waals surface area contributed by atoms with Crippen LogP contribution in [-0.4, -0.2) is 45.1 Å². The molecule has 0 aliphatic carbocycles. The van der Waals surface area contributed by atoms with E-state index in [-0.39, 0.29) is 24.9 Å². The summed E-state index contributed by atoms with van der Waals surface area (Å²) < 4.78 is 27.1. The van der Waals surface area contributed by atoms with Gasteiger partial charge in [0, 0.05) is 6.26 Å². The maximum atomic E-state index is 11.1. The number of ether oxygens (including phenoxy) is 1. The standard InChI is InChI=1S/C8H13NO4S/c1-3-7(10)9-8(4-13-5-8)6-14(2,11)12/h3H,1,4-6H2,2H3,(H,9,10). The minimum absolute atomic E-state index is 0.0976. The summed E-state index contributed by atoms with van der Waals surface area (Å²) in [6.07, 6.45) is 2.25. The summed E-state index contributed by atoms with van der Waals surface area (Å²) in [6, 6.07) is 0. The molecule has 0 unspecified atom stereocenters. The van der Waals surface area contributed by atoms with Crippen LogP contribution in [0.2, 0.25) is 0 Å². The number of hydrogen-bond donors (Lipinski definition) is 1. The second kappa shape index (κ2) is 3.70. The number of hydrogen-bond acceptors (Lipinski definition) is 4. The summed E-state index contributed by atoms with van der Waals surface area (Å²) in [4.78, 5) is 11.0. The van der Waals surface area contributed by atoms with E-state index in [0.717, 1.165) is 12.3 Å². The van der Waals surface area contributed by atoms with E-state index >= 15 is 0 Å². The number of rotatable bonds is 4. The third-order valence-corrected chi connectivity index (χ3v) is 2.95. The summed E-state index contributed by atoms with van der Waals surface area (Å²) in [6.45, 7) is 3.77. The maximum absolute atomic E-state index is 11.1. The molecule has 1 heterocycles. The second-order valence-corrected chi connectivity index (χ2v) is 5.68. The van der Waals surface area contributed by atoms with E-state index in [2.05, 4.69) is 11.9 Å². The molecule has 14 heavy (non-hydrogen) atoms. The van der Waals surface area contributed by atoms with Crippen molar-refractivity contribution in [3.8, 4) is 0 Å². The molecule has 5 nitrogen and oxygen atoms in total. The van der Waals surface area contributed by atoms with E-state index in [4.69, 9.17) is 4.74 Å². The van der Waals surface area contributed by atoms with E-state index in [1.54, 1.807) is 0 Å². The van der Waals surface area contributed by atoms with Crippen LogP contribution >= 0.6 is 0 Å². The Morgan fingerprint density at radius 2 is 2.21 bits per heavy atom. The lowest BCUT2D eigenvalue weighted by Crippen LogP contribution is -2.65. The Morgan fingerprint density at radius 1 is 1.64 bits per heavy atom. The molecular formula is C8H13NO4S. The van der Waals surface area contributed by atoms with Crippen LogP contribution in [0.3, 0.4) is 0 Å². The van der Waals surface area contributed by atoms with Gasteiger partial charge in [0.1, 0.15) is 15.4 Å². The number of carbonyl (C=O) groups is 1.